The number of amides is 1. The summed E-state index contributed by atoms with van der Waals surface area (Å²) in [4.78, 5) is 24.9. The van der Waals surface area contributed by atoms with Gasteiger partial charge in [0, 0.05) is 29.6 Å². The van der Waals surface area contributed by atoms with E-state index in [1.54, 1.807) is 47.1 Å². The Balaban J connectivity index is 1.46. The van der Waals surface area contributed by atoms with Crippen molar-refractivity contribution in [1.29, 1.82) is 0 Å². The molecule has 5 aromatic rings. The Bertz CT molecular complexity index is 1450. The van der Waals surface area contributed by atoms with Crippen molar-refractivity contribution in [1.82, 2.24) is 29.9 Å². The van der Waals surface area contributed by atoms with Gasteiger partial charge in [0.2, 0.25) is 0 Å². The van der Waals surface area contributed by atoms with E-state index in [1.165, 1.54) is 30.9 Å². The van der Waals surface area contributed by atoms with Crippen LogP contribution >= 0.6 is 0 Å². The first-order chi connectivity index (χ1) is 16.6. The zero-order valence-corrected chi connectivity index (χ0v) is 17.6. The number of aromatic nitrogens is 6. The average Bonchev–Trinajstić information content (AvgIpc) is 3.52. The van der Waals surface area contributed by atoms with E-state index in [4.69, 9.17) is 10.3 Å². The van der Waals surface area contributed by atoms with Gasteiger partial charge in [-0.2, -0.15) is 5.10 Å². The van der Waals surface area contributed by atoms with Gasteiger partial charge in [0.1, 0.15) is 29.2 Å². The maximum atomic E-state index is 14.2. The minimum atomic E-state index is -0.368. The molecule has 0 unspecified atom stereocenters. The highest BCUT2D eigenvalue weighted by Gasteiger charge is 2.18. The lowest BCUT2D eigenvalue weighted by atomic mass is 10.2. The maximum absolute atomic E-state index is 14.2. The first-order valence-corrected chi connectivity index (χ1v) is 10.1. The summed E-state index contributed by atoms with van der Waals surface area (Å²) < 4.78 is 20.8. The Morgan fingerprint density at radius 2 is 1.94 bits per heavy atom. The lowest BCUT2D eigenvalue weighted by molar-refractivity contribution is 0.102. The van der Waals surface area contributed by atoms with Gasteiger partial charge in [0.15, 0.2) is 11.6 Å². The van der Waals surface area contributed by atoms with Crippen molar-refractivity contribution >= 4 is 17.4 Å². The predicted molar refractivity (Wildman–Crippen MR) is 121 cm³/mol. The number of hydrogen-bond donors (Lipinski definition) is 2. The van der Waals surface area contributed by atoms with Gasteiger partial charge in [0.05, 0.1) is 18.4 Å². The second-order valence-corrected chi connectivity index (χ2v) is 7.23. The minimum absolute atomic E-state index is 0.0686. The standard InChI is InChI=1S/C23H17FN8O2/c24-16-4-2-1-3-15(16)13-32-20(17-7-10-34-31-17)11-18(30-32)22-27-12-19(21(25)29-22)28-23(33)14-5-8-26-9-6-14/h1-12H,13H2,(H,28,33)(H2,25,27,29). The smallest absolute Gasteiger partial charge is 0.255 e. The van der Waals surface area contributed by atoms with Crippen LogP contribution in [-0.4, -0.2) is 35.8 Å². The summed E-state index contributed by atoms with van der Waals surface area (Å²) in [5.74, 6) is -0.413. The molecule has 0 saturated carbocycles. The third-order valence-electron chi connectivity index (χ3n) is 5.00. The minimum Gasteiger partial charge on any atom is -0.382 e. The topological polar surface area (TPSA) is 138 Å². The molecule has 0 radical (unpaired) electrons. The fourth-order valence-electron chi connectivity index (χ4n) is 3.30. The van der Waals surface area contributed by atoms with Gasteiger partial charge in [-0.15, -0.1) is 0 Å². The monoisotopic (exact) mass is 456 g/mol. The predicted octanol–water partition coefficient (Wildman–Crippen LogP) is 3.41. The van der Waals surface area contributed by atoms with E-state index < -0.39 is 0 Å². The number of nitrogen functional groups attached to an aromatic ring is 1. The molecule has 10 nitrogen and oxygen atoms in total. The second-order valence-electron chi connectivity index (χ2n) is 7.23. The quantitative estimate of drug-likeness (QED) is 0.396. The normalized spacial score (nSPS) is 10.9. The number of nitrogens with two attached hydrogens (primary N) is 1. The summed E-state index contributed by atoms with van der Waals surface area (Å²) in [5.41, 5.74) is 8.71. The Labute approximate surface area is 192 Å². The van der Waals surface area contributed by atoms with Gasteiger partial charge < -0.3 is 15.6 Å². The van der Waals surface area contributed by atoms with Crippen molar-refractivity contribution in [2.24, 2.45) is 0 Å². The van der Waals surface area contributed by atoms with Crippen molar-refractivity contribution in [3.63, 3.8) is 0 Å². The van der Waals surface area contributed by atoms with Crippen LogP contribution in [0.15, 0.2) is 77.9 Å². The molecule has 3 N–H and O–H groups in total. The number of rotatable bonds is 6. The van der Waals surface area contributed by atoms with Crippen LogP contribution in [0.5, 0.6) is 0 Å². The van der Waals surface area contributed by atoms with E-state index in [0.29, 0.717) is 28.2 Å². The fourth-order valence-corrected chi connectivity index (χ4v) is 3.30. The molecule has 0 aliphatic heterocycles. The van der Waals surface area contributed by atoms with Gasteiger partial charge in [-0.25, -0.2) is 14.4 Å². The number of carbonyl (C=O) groups is 1. The molecule has 0 aliphatic rings. The molecule has 0 bridgehead atoms. The van der Waals surface area contributed by atoms with Crippen LogP contribution < -0.4 is 11.1 Å². The van der Waals surface area contributed by atoms with Gasteiger partial charge >= 0.3 is 0 Å². The third-order valence-corrected chi connectivity index (χ3v) is 5.00. The molecule has 168 valence electrons. The van der Waals surface area contributed by atoms with E-state index >= 15 is 0 Å². The molecule has 5 rings (SSSR count). The summed E-state index contributed by atoms with van der Waals surface area (Å²) in [6, 6.07) is 13.0. The summed E-state index contributed by atoms with van der Waals surface area (Å²) in [6.45, 7) is 0.157. The Kier molecular flexibility index (Phi) is 5.48. The first kappa shape index (κ1) is 20.9. The fraction of sp³-hybridized carbons (Fsp3) is 0.0435. The highest BCUT2D eigenvalue weighted by Crippen LogP contribution is 2.26. The molecule has 0 spiro atoms. The third kappa shape index (κ3) is 4.21. The number of carbonyl (C=O) groups excluding carboxylic acids is 1. The molecule has 11 heteroatoms. The summed E-state index contributed by atoms with van der Waals surface area (Å²) in [7, 11) is 0. The molecular formula is C23H17FN8O2. The van der Waals surface area contributed by atoms with E-state index in [2.05, 4.69) is 30.5 Å². The van der Waals surface area contributed by atoms with Crippen LogP contribution in [0.25, 0.3) is 22.9 Å². The van der Waals surface area contributed by atoms with Crippen LogP contribution in [0.2, 0.25) is 0 Å². The molecule has 0 atom stereocenters. The molecular weight excluding hydrogens is 439 g/mol. The molecule has 1 aromatic carbocycles. The lowest BCUT2D eigenvalue weighted by Gasteiger charge is -2.08. The molecule has 0 saturated heterocycles. The van der Waals surface area contributed by atoms with Crippen LogP contribution in [-0.2, 0) is 6.54 Å². The zero-order chi connectivity index (χ0) is 23.5. The highest BCUT2D eigenvalue weighted by atomic mass is 19.1. The summed E-state index contributed by atoms with van der Waals surface area (Å²) in [5, 5.41) is 11.2. The van der Waals surface area contributed by atoms with Crippen molar-refractivity contribution in [3.8, 4) is 22.9 Å². The van der Waals surface area contributed by atoms with E-state index in [0.717, 1.165) is 0 Å². The first-order valence-electron chi connectivity index (χ1n) is 10.1. The van der Waals surface area contributed by atoms with Crippen LogP contribution in [0, 0.1) is 5.82 Å². The molecule has 4 aromatic heterocycles. The number of nitrogens with one attached hydrogen (secondary N) is 1. The molecule has 1 amide bonds. The average molecular weight is 456 g/mol. The number of pyridine rings is 1. The maximum Gasteiger partial charge on any atom is 0.255 e. The van der Waals surface area contributed by atoms with E-state index in [-0.39, 0.29) is 35.6 Å². The number of nitrogens with zero attached hydrogens (tertiary/aromatic N) is 6. The largest absolute Gasteiger partial charge is 0.382 e. The van der Waals surface area contributed by atoms with Crippen molar-refractivity contribution in [3.05, 3.63) is 90.3 Å². The van der Waals surface area contributed by atoms with Crippen LogP contribution in [0.4, 0.5) is 15.9 Å². The molecule has 0 fully saturated rings. The van der Waals surface area contributed by atoms with Crippen LogP contribution in [0.3, 0.4) is 0 Å². The number of hydrogen-bond acceptors (Lipinski definition) is 8. The van der Waals surface area contributed by atoms with Gasteiger partial charge in [-0.3, -0.25) is 14.5 Å². The molecule has 0 aliphatic carbocycles. The van der Waals surface area contributed by atoms with Gasteiger partial charge in [-0.1, -0.05) is 23.4 Å². The Morgan fingerprint density at radius 1 is 1.12 bits per heavy atom. The molecule has 4 heterocycles. The Morgan fingerprint density at radius 3 is 2.68 bits per heavy atom. The van der Waals surface area contributed by atoms with E-state index in [1.807, 2.05) is 0 Å². The number of halogens is 1. The highest BCUT2D eigenvalue weighted by molar-refractivity contribution is 6.05. The van der Waals surface area contributed by atoms with Crippen molar-refractivity contribution in [2.75, 3.05) is 11.1 Å². The summed E-state index contributed by atoms with van der Waals surface area (Å²) >= 11 is 0. The van der Waals surface area contributed by atoms with Crippen molar-refractivity contribution in [2.45, 2.75) is 6.54 Å². The number of benzene rings is 1. The molecule has 34 heavy (non-hydrogen) atoms. The van der Waals surface area contributed by atoms with E-state index in [9.17, 15) is 9.18 Å². The SMILES string of the molecule is Nc1nc(-c2cc(-c3ccon3)n(Cc3ccccc3F)n2)ncc1NC(=O)c1ccncc1. The lowest BCUT2D eigenvalue weighted by Crippen LogP contribution is -2.14. The van der Waals surface area contributed by atoms with Crippen molar-refractivity contribution < 1.29 is 13.7 Å². The Hall–Kier alpha value is -4.93. The van der Waals surface area contributed by atoms with Gasteiger partial charge in [0.25, 0.3) is 5.91 Å². The zero-order valence-electron chi connectivity index (χ0n) is 17.6. The number of anilines is 2. The van der Waals surface area contributed by atoms with Gasteiger partial charge in [-0.05, 0) is 24.3 Å². The summed E-state index contributed by atoms with van der Waals surface area (Å²) in [6.07, 6.45) is 5.87. The second kappa shape index (κ2) is 8.90. The van der Waals surface area contributed by atoms with Crippen LogP contribution in [0.1, 0.15) is 15.9 Å².